The first-order valence-electron chi connectivity index (χ1n) is 13.0. The summed E-state index contributed by atoms with van der Waals surface area (Å²) in [5, 5.41) is 14.4. The molecule has 4 bridgehead atoms. The van der Waals surface area contributed by atoms with Crippen molar-refractivity contribution in [3.05, 3.63) is 42.7 Å². The normalized spacial score (nSPS) is 41.2. The summed E-state index contributed by atoms with van der Waals surface area (Å²) in [7, 11) is 0. The summed E-state index contributed by atoms with van der Waals surface area (Å²) in [6, 6.07) is 6.20. The van der Waals surface area contributed by atoms with Gasteiger partial charge in [0.2, 0.25) is 0 Å². The Hall–Kier alpha value is -2.21. The maximum Gasteiger partial charge on any atom is 0.325 e. The zero-order chi connectivity index (χ0) is 25.5. The minimum Gasteiger partial charge on any atom is -0.460 e. The molecule has 3 aliphatic rings. The van der Waals surface area contributed by atoms with Gasteiger partial charge in [0.05, 0.1) is 11.8 Å². The number of ether oxygens (including phenoxy) is 1. The molecule has 0 aromatic heterocycles. The van der Waals surface area contributed by atoms with E-state index in [0.717, 1.165) is 19.3 Å². The topological polar surface area (TPSA) is 75.6 Å². The second kappa shape index (κ2) is 9.68. The van der Waals surface area contributed by atoms with E-state index in [0.29, 0.717) is 12.8 Å². The third-order valence-corrected chi connectivity index (χ3v) is 9.92. The van der Waals surface area contributed by atoms with Crippen LogP contribution in [0.3, 0.4) is 0 Å². The number of carbonyl (C=O) groups is 2. The quantitative estimate of drug-likeness (QED) is 0.432. The summed E-state index contributed by atoms with van der Waals surface area (Å²) in [6.45, 7) is 12.2. The van der Waals surface area contributed by atoms with Crippen LogP contribution in [0.5, 0.6) is 0 Å². The summed E-state index contributed by atoms with van der Waals surface area (Å²) >= 11 is 0. The van der Waals surface area contributed by atoms with Gasteiger partial charge in [-0.15, -0.1) is 6.58 Å². The van der Waals surface area contributed by atoms with Gasteiger partial charge in [0, 0.05) is 23.2 Å². The molecule has 0 heterocycles. The SMILES string of the molecule is C=C[C@]1(C)C[C@@H](OC(=O)CNc2ccccc2F)[C@]2(C)[C@H](C)CC[C@@H]3[C@@H](CCC(=O)[C@H]32)[C@@H](C)[C@@H]1O. The number of hydrogen-bond acceptors (Lipinski definition) is 5. The Morgan fingerprint density at radius 1 is 1.23 bits per heavy atom. The molecule has 4 rings (SSSR count). The van der Waals surface area contributed by atoms with Gasteiger partial charge in [-0.2, -0.15) is 0 Å². The fraction of sp³-hybridized carbons (Fsp3) is 0.655. The molecule has 2 N–H and O–H groups in total. The lowest BCUT2D eigenvalue weighted by molar-refractivity contribution is -0.178. The second-order valence-corrected chi connectivity index (χ2v) is 11.7. The lowest BCUT2D eigenvalue weighted by Gasteiger charge is -2.56. The van der Waals surface area contributed by atoms with Gasteiger partial charge >= 0.3 is 5.97 Å². The largest absolute Gasteiger partial charge is 0.460 e. The van der Waals surface area contributed by atoms with E-state index in [1.807, 2.05) is 6.92 Å². The van der Waals surface area contributed by atoms with E-state index < -0.39 is 34.8 Å². The first kappa shape index (κ1) is 25.9. The summed E-state index contributed by atoms with van der Waals surface area (Å²) in [4.78, 5) is 26.6. The number of carbonyl (C=O) groups excluding carboxylic acids is 2. The van der Waals surface area contributed by atoms with E-state index in [1.165, 1.54) is 6.07 Å². The summed E-state index contributed by atoms with van der Waals surface area (Å²) < 4.78 is 20.2. The molecule has 0 aliphatic heterocycles. The highest BCUT2D eigenvalue weighted by Crippen LogP contribution is 2.60. The zero-order valence-corrected chi connectivity index (χ0v) is 21.4. The number of halogens is 1. The van der Waals surface area contributed by atoms with Gasteiger partial charge in [-0.3, -0.25) is 9.59 Å². The van der Waals surface area contributed by atoms with Gasteiger partial charge in [0.15, 0.2) is 0 Å². The second-order valence-electron chi connectivity index (χ2n) is 11.7. The molecular weight excluding hydrogens is 445 g/mol. The van der Waals surface area contributed by atoms with E-state index in [9.17, 15) is 19.1 Å². The predicted octanol–water partition coefficient (Wildman–Crippen LogP) is 5.39. The summed E-state index contributed by atoms with van der Waals surface area (Å²) in [6.07, 6.45) is 4.16. The Morgan fingerprint density at radius 2 is 1.94 bits per heavy atom. The van der Waals surface area contributed by atoms with Crippen LogP contribution in [0.2, 0.25) is 0 Å². The Bertz CT molecular complexity index is 981. The van der Waals surface area contributed by atoms with Crippen LogP contribution >= 0.6 is 0 Å². The summed E-state index contributed by atoms with van der Waals surface area (Å²) in [5.41, 5.74) is -0.998. The molecule has 3 fully saturated rings. The van der Waals surface area contributed by atoms with Gasteiger partial charge in [-0.05, 0) is 61.5 Å². The van der Waals surface area contributed by atoms with Crippen LogP contribution in [0.25, 0.3) is 0 Å². The molecule has 5 nitrogen and oxygen atoms in total. The van der Waals surface area contributed by atoms with Gasteiger partial charge in [-0.1, -0.05) is 45.9 Å². The van der Waals surface area contributed by atoms with E-state index >= 15 is 0 Å². The average Bonchev–Trinajstić information content (AvgIpc) is 2.84. The van der Waals surface area contributed by atoms with Gasteiger partial charge in [-0.25, -0.2) is 4.39 Å². The first-order valence-corrected chi connectivity index (χ1v) is 13.0. The van der Waals surface area contributed by atoms with Crippen molar-refractivity contribution in [2.75, 3.05) is 11.9 Å². The van der Waals surface area contributed by atoms with E-state index in [2.05, 4.69) is 32.7 Å². The number of anilines is 1. The van der Waals surface area contributed by atoms with Crippen LogP contribution < -0.4 is 5.32 Å². The molecule has 0 saturated heterocycles. The Morgan fingerprint density at radius 3 is 2.63 bits per heavy atom. The molecule has 1 aromatic rings. The number of benzene rings is 1. The highest BCUT2D eigenvalue weighted by Gasteiger charge is 2.61. The van der Waals surface area contributed by atoms with Crippen molar-refractivity contribution in [3.8, 4) is 0 Å². The van der Waals surface area contributed by atoms with Crippen molar-refractivity contribution >= 4 is 17.4 Å². The third kappa shape index (κ3) is 4.43. The lowest BCUT2D eigenvalue weighted by atomic mass is 9.49. The number of rotatable bonds is 5. The maximum absolute atomic E-state index is 14.0. The number of esters is 1. The van der Waals surface area contributed by atoms with Crippen LogP contribution in [0, 0.1) is 46.2 Å². The number of ketones is 1. The standard InChI is InChI=1S/C29H40FNO4/c1-6-28(4)15-24(35-25(33)16-31-22-10-8-7-9-21(22)30)29(5)17(2)11-12-20-19(18(3)27(28)34)13-14-23(32)26(20)29/h6-10,17-20,24,26-27,31,34H,1,11-16H2,2-5H3/t17-,18-,19+,20-,24-,26+,27+,28-,29+/m1/s1. The Kier molecular flexibility index (Phi) is 7.16. The molecule has 0 spiro atoms. The van der Waals surface area contributed by atoms with Crippen molar-refractivity contribution in [2.24, 2.45) is 40.4 Å². The number of nitrogens with one attached hydrogen (secondary N) is 1. The average molecular weight is 486 g/mol. The zero-order valence-electron chi connectivity index (χ0n) is 21.4. The molecule has 0 unspecified atom stereocenters. The minimum absolute atomic E-state index is 0.00781. The van der Waals surface area contributed by atoms with Crippen molar-refractivity contribution in [1.82, 2.24) is 0 Å². The molecule has 0 amide bonds. The summed E-state index contributed by atoms with van der Waals surface area (Å²) in [5.74, 6) is -0.283. The fourth-order valence-electron chi connectivity index (χ4n) is 7.50. The van der Waals surface area contributed by atoms with Crippen molar-refractivity contribution in [3.63, 3.8) is 0 Å². The lowest BCUT2D eigenvalue weighted by Crippen LogP contribution is -2.57. The molecule has 192 valence electrons. The van der Waals surface area contributed by atoms with Crippen molar-refractivity contribution in [1.29, 1.82) is 0 Å². The van der Waals surface area contributed by atoms with Gasteiger partial charge < -0.3 is 15.2 Å². The molecule has 0 radical (unpaired) electrons. The molecule has 3 saturated carbocycles. The maximum atomic E-state index is 14.0. The smallest absolute Gasteiger partial charge is 0.325 e. The van der Waals surface area contributed by atoms with Crippen LogP contribution in [0.15, 0.2) is 36.9 Å². The van der Waals surface area contributed by atoms with Crippen LogP contribution in [0.1, 0.15) is 59.8 Å². The van der Waals surface area contributed by atoms with Gasteiger partial charge in [0.1, 0.15) is 24.2 Å². The molecule has 35 heavy (non-hydrogen) atoms. The first-order chi connectivity index (χ1) is 16.5. The predicted molar refractivity (Wildman–Crippen MR) is 134 cm³/mol. The number of para-hydroxylation sites is 1. The number of Topliss-reactive ketones (excluding diaryl/α,β-unsaturated/α-hetero) is 1. The molecule has 1 aromatic carbocycles. The molecule has 6 heteroatoms. The minimum atomic E-state index is -0.681. The van der Waals surface area contributed by atoms with Gasteiger partial charge in [0.25, 0.3) is 0 Å². The van der Waals surface area contributed by atoms with Crippen LogP contribution in [-0.4, -0.2) is 35.6 Å². The third-order valence-electron chi connectivity index (χ3n) is 9.92. The number of aliphatic hydroxyl groups is 1. The van der Waals surface area contributed by atoms with Crippen molar-refractivity contribution < 1.29 is 23.8 Å². The monoisotopic (exact) mass is 485 g/mol. The van der Waals surface area contributed by atoms with Crippen molar-refractivity contribution in [2.45, 2.75) is 72.0 Å². The molecule has 3 aliphatic carbocycles. The molecular formula is C29H40FNO4. The molecule has 9 atom stereocenters. The highest BCUT2D eigenvalue weighted by molar-refractivity contribution is 5.83. The van der Waals surface area contributed by atoms with Crippen LogP contribution in [0.4, 0.5) is 10.1 Å². The van der Waals surface area contributed by atoms with E-state index in [1.54, 1.807) is 24.3 Å². The fourth-order valence-corrected chi connectivity index (χ4v) is 7.50. The Labute approximate surface area is 208 Å². The Balaban J connectivity index is 1.70. The van der Waals surface area contributed by atoms with E-state index in [4.69, 9.17) is 4.74 Å². The highest BCUT2D eigenvalue weighted by atomic mass is 19.1. The number of hydrogen-bond donors (Lipinski definition) is 2. The number of aliphatic hydroxyl groups excluding tert-OH is 1. The van der Waals surface area contributed by atoms with Crippen LogP contribution in [-0.2, 0) is 14.3 Å². The van der Waals surface area contributed by atoms with E-state index in [-0.39, 0.29) is 47.6 Å².